The van der Waals surface area contributed by atoms with E-state index >= 15 is 0 Å². The van der Waals surface area contributed by atoms with E-state index in [1.807, 2.05) is 29.8 Å². The number of nitrogens with zero attached hydrogens (tertiary/aromatic N) is 6. The van der Waals surface area contributed by atoms with Gasteiger partial charge in [0, 0.05) is 25.1 Å². The minimum absolute atomic E-state index is 0.0477. The standard InChI is InChI=1S/C20H18FN7O/c1-13-22-9-10-27(13)18-11-15(7-8-23-18)12-24-20(29)19-25-14(2)28(26-19)17-5-3-16(21)4-6-17/h3-11H,12H2,1-2H3,(H,24,29). The Morgan fingerprint density at radius 1 is 1.07 bits per heavy atom. The maximum atomic E-state index is 13.1. The minimum Gasteiger partial charge on any atom is -0.345 e. The minimum atomic E-state index is -0.397. The summed E-state index contributed by atoms with van der Waals surface area (Å²) in [5.74, 6) is 1.39. The van der Waals surface area contributed by atoms with Crippen LogP contribution in [0.1, 0.15) is 27.8 Å². The highest BCUT2D eigenvalue weighted by atomic mass is 19.1. The Morgan fingerprint density at radius 2 is 1.86 bits per heavy atom. The summed E-state index contributed by atoms with van der Waals surface area (Å²) in [6.07, 6.45) is 5.22. The Balaban J connectivity index is 1.47. The first-order chi connectivity index (χ1) is 14.0. The summed E-state index contributed by atoms with van der Waals surface area (Å²) in [5, 5.41) is 7.05. The van der Waals surface area contributed by atoms with Gasteiger partial charge in [0.25, 0.3) is 5.91 Å². The molecule has 146 valence electrons. The summed E-state index contributed by atoms with van der Waals surface area (Å²) in [7, 11) is 0. The Morgan fingerprint density at radius 3 is 2.59 bits per heavy atom. The van der Waals surface area contributed by atoms with Crippen LogP contribution < -0.4 is 5.32 Å². The van der Waals surface area contributed by atoms with E-state index in [1.165, 1.54) is 16.8 Å². The molecule has 4 rings (SSSR count). The molecule has 0 bridgehead atoms. The number of rotatable bonds is 5. The summed E-state index contributed by atoms with van der Waals surface area (Å²) in [6, 6.07) is 9.53. The molecule has 9 heteroatoms. The maximum Gasteiger partial charge on any atom is 0.291 e. The van der Waals surface area contributed by atoms with Gasteiger partial charge in [-0.2, -0.15) is 0 Å². The third-order valence-corrected chi connectivity index (χ3v) is 4.38. The van der Waals surface area contributed by atoms with Gasteiger partial charge in [0.05, 0.1) is 5.69 Å². The zero-order valence-corrected chi connectivity index (χ0v) is 15.9. The fourth-order valence-corrected chi connectivity index (χ4v) is 2.90. The number of hydrogen-bond acceptors (Lipinski definition) is 5. The van der Waals surface area contributed by atoms with Crippen molar-refractivity contribution in [2.75, 3.05) is 0 Å². The lowest BCUT2D eigenvalue weighted by Crippen LogP contribution is -2.24. The van der Waals surface area contributed by atoms with Crippen LogP contribution in [0.15, 0.2) is 55.0 Å². The lowest BCUT2D eigenvalue weighted by Gasteiger charge is -2.07. The fraction of sp³-hybridized carbons (Fsp3) is 0.150. The van der Waals surface area contributed by atoms with E-state index in [-0.39, 0.29) is 11.6 Å². The van der Waals surface area contributed by atoms with Crippen LogP contribution in [0.25, 0.3) is 11.5 Å². The highest BCUT2D eigenvalue weighted by Crippen LogP contribution is 2.12. The van der Waals surface area contributed by atoms with E-state index in [4.69, 9.17) is 0 Å². The Labute approximate surface area is 166 Å². The van der Waals surface area contributed by atoms with Crippen molar-refractivity contribution in [2.45, 2.75) is 20.4 Å². The molecule has 0 spiro atoms. The van der Waals surface area contributed by atoms with Gasteiger partial charge in [-0.3, -0.25) is 9.36 Å². The van der Waals surface area contributed by atoms with Crippen molar-refractivity contribution in [1.82, 2.24) is 34.6 Å². The zero-order valence-electron chi connectivity index (χ0n) is 15.9. The number of carbonyl (C=O) groups excluding carboxylic acids is 1. The average molecular weight is 391 g/mol. The molecule has 8 nitrogen and oxygen atoms in total. The predicted molar refractivity (Wildman–Crippen MR) is 103 cm³/mol. The number of aromatic nitrogens is 6. The molecule has 29 heavy (non-hydrogen) atoms. The molecule has 0 fully saturated rings. The van der Waals surface area contributed by atoms with Crippen molar-refractivity contribution < 1.29 is 9.18 Å². The van der Waals surface area contributed by atoms with Crippen molar-refractivity contribution in [2.24, 2.45) is 0 Å². The van der Waals surface area contributed by atoms with Gasteiger partial charge in [-0.15, -0.1) is 5.10 Å². The van der Waals surface area contributed by atoms with E-state index < -0.39 is 5.91 Å². The highest BCUT2D eigenvalue weighted by molar-refractivity contribution is 5.90. The predicted octanol–water partition coefficient (Wildman–Crippen LogP) is 2.53. The number of imidazole rings is 1. The second kappa shape index (κ2) is 7.63. The largest absolute Gasteiger partial charge is 0.345 e. The molecule has 0 aliphatic carbocycles. The topological polar surface area (TPSA) is 90.5 Å². The van der Waals surface area contributed by atoms with Crippen LogP contribution in [0.3, 0.4) is 0 Å². The molecule has 4 aromatic rings. The van der Waals surface area contributed by atoms with Crippen LogP contribution in [0.5, 0.6) is 0 Å². The number of nitrogens with one attached hydrogen (secondary N) is 1. The number of halogens is 1. The van der Waals surface area contributed by atoms with Gasteiger partial charge in [-0.05, 0) is 55.8 Å². The third-order valence-electron chi connectivity index (χ3n) is 4.38. The second-order valence-corrected chi connectivity index (χ2v) is 6.42. The molecule has 1 amide bonds. The molecule has 1 aromatic carbocycles. The third kappa shape index (κ3) is 3.88. The van der Waals surface area contributed by atoms with Gasteiger partial charge in [-0.1, -0.05) is 0 Å². The lowest BCUT2D eigenvalue weighted by atomic mass is 10.2. The number of benzene rings is 1. The van der Waals surface area contributed by atoms with Crippen molar-refractivity contribution in [3.05, 3.63) is 83.8 Å². The van der Waals surface area contributed by atoms with Crippen LogP contribution in [0.4, 0.5) is 4.39 Å². The second-order valence-electron chi connectivity index (χ2n) is 6.42. The first kappa shape index (κ1) is 18.5. The van der Waals surface area contributed by atoms with Crippen LogP contribution in [-0.2, 0) is 6.54 Å². The first-order valence-electron chi connectivity index (χ1n) is 8.94. The van der Waals surface area contributed by atoms with Gasteiger partial charge in [-0.25, -0.2) is 24.0 Å². The molecule has 0 saturated carbocycles. The summed E-state index contributed by atoms with van der Waals surface area (Å²) >= 11 is 0. The number of aryl methyl sites for hydroxylation is 2. The van der Waals surface area contributed by atoms with E-state index in [0.717, 1.165) is 17.2 Å². The van der Waals surface area contributed by atoms with Gasteiger partial charge >= 0.3 is 0 Å². The molecule has 0 saturated heterocycles. The average Bonchev–Trinajstić information content (AvgIpc) is 3.33. The summed E-state index contributed by atoms with van der Waals surface area (Å²) in [5.41, 5.74) is 1.51. The highest BCUT2D eigenvalue weighted by Gasteiger charge is 2.15. The van der Waals surface area contributed by atoms with Crippen molar-refractivity contribution in [3.63, 3.8) is 0 Å². The molecular weight excluding hydrogens is 373 g/mol. The Kier molecular flexibility index (Phi) is 4.86. The quantitative estimate of drug-likeness (QED) is 0.565. The van der Waals surface area contributed by atoms with E-state index in [0.29, 0.717) is 18.1 Å². The van der Waals surface area contributed by atoms with Gasteiger partial charge in [0.1, 0.15) is 23.3 Å². The smallest absolute Gasteiger partial charge is 0.291 e. The van der Waals surface area contributed by atoms with Crippen molar-refractivity contribution >= 4 is 5.91 Å². The molecule has 3 aromatic heterocycles. The molecule has 3 heterocycles. The monoisotopic (exact) mass is 391 g/mol. The van der Waals surface area contributed by atoms with Crippen LogP contribution >= 0.6 is 0 Å². The Hall–Kier alpha value is -3.88. The lowest BCUT2D eigenvalue weighted by molar-refractivity contribution is 0.0940. The molecule has 0 atom stereocenters. The number of carbonyl (C=O) groups is 1. The maximum absolute atomic E-state index is 13.1. The molecule has 0 aliphatic rings. The van der Waals surface area contributed by atoms with Gasteiger partial charge < -0.3 is 5.32 Å². The van der Waals surface area contributed by atoms with Crippen LogP contribution in [-0.4, -0.2) is 35.2 Å². The number of amides is 1. The first-order valence-corrected chi connectivity index (χ1v) is 8.94. The van der Waals surface area contributed by atoms with E-state index in [1.54, 1.807) is 31.5 Å². The molecular formula is C20H18FN7O. The molecule has 0 aliphatic heterocycles. The summed E-state index contributed by atoms with van der Waals surface area (Å²) < 4.78 is 16.5. The molecule has 1 N–H and O–H groups in total. The normalized spacial score (nSPS) is 10.9. The van der Waals surface area contributed by atoms with Crippen molar-refractivity contribution in [3.8, 4) is 11.5 Å². The fourth-order valence-electron chi connectivity index (χ4n) is 2.90. The number of hydrogen-bond donors (Lipinski definition) is 1. The van der Waals surface area contributed by atoms with Gasteiger partial charge in [0.2, 0.25) is 5.82 Å². The van der Waals surface area contributed by atoms with Crippen LogP contribution in [0.2, 0.25) is 0 Å². The summed E-state index contributed by atoms with van der Waals surface area (Å²) in [4.78, 5) is 25.2. The summed E-state index contributed by atoms with van der Waals surface area (Å²) in [6.45, 7) is 3.92. The van der Waals surface area contributed by atoms with Crippen LogP contribution in [0, 0.1) is 19.7 Å². The van der Waals surface area contributed by atoms with Crippen molar-refractivity contribution in [1.29, 1.82) is 0 Å². The SMILES string of the molecule is Cc1nccn1-c1cc(CNC(=O)c2nc(C)n(-c3ccc(F)cc3)n2)ccn1. The zero-order chi connectivity index (χ0) is 20.4. The molecule has 0 unspecified atom stereocenters. The number of pyridine rings is 1. The van der Waals surface area contributed by atoms with E-state index in [2.05, 4.69) is 25.4 Å². The molecule has 0 radical (unpaired) electrons. The Bertz CT molecular complexity index is 1160. The van der Waals surface area contributed by atoms with Gasteiger partial charge in [0.15, 0.2) is 0 Å². The van der Waals surface area contributed by atoms with E-state index in [9.17, 15) is 9.18 Å².